The van der Waals surface area contributed by atoms with E-state index in [1.54, 1.807) is 6.92 Å². The fourth-order valence-electron chi connectivity index (χ4n) is 1.59. The smallest absolute Gasteiger partial charge is 0.159 e. The minimum absolute atomic E-state index is 0.100. The maximum absolute atomic E-state index is 11.2. The van der Waals surface area contributed by atoms with E-state index in [-0.39, 0.29) is 5.78 Å². The summed E-state index contributed by atoms with van der Waals surface area (Å²) < 4.78 is 5.64. The zero-order valence-electron chi connectivity index (χ0n) is 9.89. The molecule has 0 N–H and O–H groups in total. The Labute approximate surface area is 92.0 Å². The SMILES string of the molecule is BCCOc1c(C)cc(C(C)=O)cc1C. The van der Waals surface area contributed by atoms with Gasteiger partial charge in [-0.3, -0.25) is 4.79 Å². The summed E-state index contributed by atoms with van der Waals surface area (Å²) in [5.74, 6) is 1.02. The number of benzene rings is 1. The highest BCUT2D eigenvalue weighted by atomic mass is 16.5. The molecule has 0 radical (unpaired) electrons. The minimum atomic E-state index is 0.100. The lowest BCUT2D eigenvalue weighted by molar-refractivity contribution is 0.101. The van der Waals surface area contributed by atoms with Crippen molar-refractivity contribution in [2.75, 3.05) is 6.61 Å². The Morgan fingerprint density at radius 2 is 1.87 bits per heavy atom. The zero-order chi connectivity index (χ0) is 11.4. The number of hydrogen-bond donors (Lipinski definition) is 0. The third-order valence-corrected chi connectivity index (χ3v) is 2.32. The normalized spacial score (nSPS) is 10.1. The average Bonchev–Trinajstić information content (AvgIpc) is 2.16. The van der Waals surface area contributed by atoms with Gasteiger partial charge in [-0.2, -0.15) is 0 Å². The van der Waals surface area contributed by atoms with Gasteiger partial charge >= 0.3 is 0 Å². The van der Waals surface area contributed by atoms with E-state index in [0.717, 1.165) is 35.4 Å². The van der Waals surface area contributed by atoms with Crippen LogP contribution in [0.5, 0.6) is 5.75 Å². The summed E-state index contributed by atoms with van der Waals surface area (Å²) in [7, 11) is 2.08. The van der Waals surface area contributed by atoms with E-state index in [1.807, 2.05) is 26.0 Å². The molecule has 15 heavy (non-hydrogen) atoms. The van der Waals surface area contributed by atoms with Gasteiger partial charge in [-0.15, -0.1) is 0 Å². The summed E-state index contributed by atoms with van der Waals surface area (Å²) in [6, 6.07) is 3.78. The molecular formula is C12H17BO2. The van der Waals surface area contributed by atoms with E-state index in [4.69, 9.17) is 4.74 Å². The van der Waals surface area contributed by atoms with Crippen LogP contribution in [0.2, 0.25) is 6.32 Å². The molecule has 0 unspecified atom stereocenters. The number of ether oxygens (including phenoxy) is 1. The highest BCUT2D eigenvalue weighted by Crippen LogP contribution is 2.25. The lowest BCUT2D eigenvalue weighted by atomic mass is 10.0. The van der Waals surface area contributed by atoms with Gasteiger partial charge in [0, 0.05) is 5.56 Å². The van der Waals surface area contributed by atoms with Crippen LogP contribution in [0.1, 0.15) is 28.4 Å². The van der Waals surface area contributed by atoms with Crippen LogP contribution in [0.3, 0.4) is 0 Å². The molecule has 0 aliphatic heterocycles. The van der Waals surface area contributed by atoms with Crippen LogP contribution in [-0.4, -0.2) is 20.2 Å². The van der Waals surface area contributed by atoms with Gasteiger partial charge in [0.25, 0.3) is 0 Å². The number of ketones is 1. The van der Waals surface area contributed by atoms with Crippen LogP contribution in [0.15, 0.2) is 12.1 Å². The first-order chi connectivity index (χ1) is 7.06. The zero-order valence-corrected chi connectivity index (χ0v) is 9.89. The van der Waals surface area contributed by atoms with Crippen LogP contribution < -0.4 is 4.74 Å². The Hall–Kier alpha value is -1.25. The monoisotopic (exact) mass is 204 g/mol. The fraction of sp³-hybridized carbons (Fsp3) is 0.417. The van der Waals surface area contributed by atoms with Crippen LogP contribution in [0, 0.1) is 13.8 Å². The van der Waals surface area contributed by atoms with Crippen molar-refractivity contribution in [2.24, 2.45) is 0 Å². The molecule has 0 atom stereocenters. The summed E-state index contributed by atoms with van der Waals surface area (Å²) in [5.41, 5.74) is 2.83. The molecule has 1 rings (SSSR count). The Morgan fingerprint density at radius 1 is 1.33 bits per heavy atom. The van der Waals surface area contributed by atoms with Crippen molar-refractivity contribution < 1.29 is 9.53 Å². The van der Waals surface area contributed by atoms with Gasteiger partial charge in [0.1, 0.15) is 13.6 Å². The molecule has 0 heterocycles. The lowest BCUT2D eigenvalue weighted by Crippen LogP contribution is -2.02. The van der Waals surface area contributed by atoms with Crippen molar-refractivity contribution in [1.82, 2.24) is 0 Å². The first kappa shape index (κ1) is 11.8. The molecule has 1 aromatic rings. The Bertz CT molecular complexity index is 349. The number of Topliss-reactive ketones (excluding diaryl/α,β-unsaturated/α-hetero) is 1. The molecule has 80 valence electrons. The topological polar surface area (TPSA) is 26.3 Å². The molecule has 0 aliphatic rings. The predicted octanol–water partition coefficient (Wildman–Crippen LogP) is 1.94. The summed E-state index contributed by atoms with van der Waals surface area (Å²) in [4.78, 5) is 11.2. The van der Waals surface area contributed by atoms with Crippen molar-refractivity contribution in [3.63, 3.8) is 0 Å². The average molecular weight is 204 g/mol. The molecule has 0 aromatic heterocycles. The number of carbonyl (C=O) groups excluding carboxylic acids is 1. The van der Waals surface area contributed by atoms with Gasteiger partial charge in [0.05, 0.1) is 6.61 Å². The molecule has 1 aromatic carbocycles. The summed E-state index contributed by atoms with van der Waals surface area (Å²) >= 11 is 0. The largest absolute Gasteiger partial charge is 0.494 e. The van der Waals surface area contributed by atoms with Crippen LogP contribution >= 0.6 is 0 Å². The first-order valence-corrected chi connectivity index (χ1v) is 5.31. The molecule has 2 nitrogen and oxygen atoms in total. The van der Waals surface area contributed by atoms with Gasteiger partial charge in [0.15, 0.2) is 5.78 Å². The van der Waals surface area contributed by atoms with Crippen LogP contribution in [-0.2, 0) is 0 Å². The van der Waals surface area contributed by atoms with Gasteiger partial charge in [-0.25, -0.2) is 0 Å². The molecule has 0 saturated carbocycles. The highest BCUT2D eigenvalue weighted by molar-refractivity contribution is 6.08. The maximum atomic E-state index is 11.2. The van der Waals surface area contributed by atoms with Crippen molar-refractivity contribution in [3.8, 4) is 5.75 Å². The summed E-state index contributed by atoms with van der Waals surface area (Å²) in [6.07, 6.45) is 0.993. The minimum Gasteiger partial charge on any atom is -0.494 e. The third kappa shape index (κ3) is 2.85. The van der Waals surface area contributed by atoms with Gasteiger partial charge in [-0.05, 0) is 50.4 Å². The second-order valence-electron chi connectivity index (χ2n) is 3.84. The summed E-state index contributed by atoms with van der Waals surface area (Å²) in [5, 5.41) is 0. The quantitative estimate of drug-likeness (QED) is 0.553. The van der Waals surface area contributed by atoms with Crippen molar-refractivity contribution in [2.45, 2.75) is 27.1 Å². The van der Waals surface area contributed by atoms with Crippen molar-refractivity contribution in [3.05, 3.63) is 28.8 Å². The van der Waals surface area contributed by atoms with E-state index >= 15 is 0 Å². The molecule has 3 heteroatoms. The molecule has 0 amide bonds. The van der Waals surface area contributed by atoms with Crippen LogP contribution in [0.4, 0.5) is 0 Å². The van der Waals surface area contributed by atoms with Gasteiger partial charge in [0.2, 0.25) is 0 Å². The van der Waals surface area contributed by atoms with Crippen molar-refractivity contribution >= 4 is 13.6 Å². The molecule has 0 saturated heterocycles. The van der Waals surface area contributed by atoms with Crippen molar-refractivity contribution in [1.29, 1.82) is 0 Å². The molecule has 0 fully saturated rings. The maximum Gasteiger partial charge on any atom is 0.159 e. The number of hydrogen-bond acceptors (Lipinski definition) is 2. The number of aryl methyl sites for hydroxylation is 2. The fourth-order valence-corrected chi connectivity index (χ4v) is 1.59. The summed E-state index contributed by atoms with van der Waals surface area (Å²) in [6.45, 7) is 6.26. The Balaban J connectivity index is 3.04. The Morgan fingerprint density at radius 3 is 2.27 bits per heavy atom. The molecule has 0 aliphatic carbocycles. The first-order valence-electron chi connectivity index (χ1n) is 5.31. The van der Waals surface area contributed by atoms with Crippen LogP contribution in [0.25, 0.3) is 0 Å². The lowest BCUT2D eigenvalue weighted by Gasteiger charge is -2.12. The van der Waals surface area contributed by atoms with E-state index in [2.05, 4.69) is 7.85 Å². The standard InChI is InChI=1S/C12H17BO2/c1-8-6-11(10(3)14)7-9(2)12(8)15-5-4-13/h6-7H,4-5,13H2,1-3H3. The highest BCUT2D eigenvalue weighted by Gasteiger charge is 2.08. The number of carbonyl (C=O) groups is 1. The van der Waals surface area contributed by atoms with E-state index < -0.39 is 0 Å². The van der Waals surface area contributed by atoms with E-state index in [9.17, 15) is 4.79 Å². The van der Waals surface area contributed by atoms with Gasteiger partial charge < -0.3 is 4.74 Å². The number of rotatable bonds is 4. The molecule has 0 bridgehead atoms. The second-order valence-corrected chi connectivity index (χ2v) is 3.84. The Kier molecular flexibility index (Phi) is 3.95. The van der Waals surface area contributed by atoms with E-state index in [0.29, 0.717) is 0 Å². The predicted molar refractivity (Wildman–Crippen MR) is 64.8 cm³/mol. The third-order valence-electron chi connectivity index (χ3n) is 2.32. The molecule has 0 spiro atoms. The van der Waals surface area contributed by atoms with E-state index in [1.165, 1.54) is 0 Å². The molecular weight excluding hydrogens is 187 g/mol. The van der Waals surface area contributed by atoms with Gasteiger partial charge in [-0.1, -0.05) is 0 Å². The second kappa shape index (κ2) is 5.01.